The van der Waals surface area contributed by atoms with E-state index >= 15 is 0 Å². The van der Waals surface area contributed by atoms with Gasteiger partial charge in [-0.05, 0) is 37.3 Å². The molecule has 0 aromatic heterocycles. The molecule has 138 valence electrons. The molecule has 0 radical (unpaired) electrons. The van der Waals surface area contributed by atoms with E-state index in [1.165, 1.54) is 0 Å². The second-order valence-electron chi connectivity index (χ2n) is 6.25. The highest BCUT2D eigenvalue weighted by molar-refractivity contribution is 6.12. The normalized spacial score (nSPS) is 20.7. The van der Waals surface area contributed by atoms with Crippen molar-refractivity contribution in [3.8, 4) is 0 Å². The first-order valence-electron chi connectivity index (χ1n) is 7.89. The van der Waals surface area contributed by atoms with Crippen LogP contribution in [0.25, 0.3) is 0 Å². The number of amides is 2. The zero-order chi connectivity index (χ0) is 19.8. The molecule has 0 fully saturated rings. The number of amidine groups is 1. The van der Waals surface area contributed by atoms with E-state index in [9.17, 15) is 19.2 Å². The number of nitrogens with one attached hydrogen (secondary N) is 1. The number of carbonyl (C=O) groups excluding carboxylic acids is 2. The van der Waals surface area contributed by atoms with Crippen molar-refractivity contribution in [3.05, 3.63) is 53.8 Å². The van der Waals surface area contributed by atoms with Crippen LogP contribution in [0.5, 0.6) is 0 Å². The molecule has 0 saturated heterocycles. The van der Waals surface area contributed by atoms with Gasteiger partial charge in [0.05, 0.1) is 17.5 Å². The number of aliphatic imine (C=N–C) groups is 1. The molecule has 0 bridgehead atoms. The van der Waals surface area contributed by atoms with Crippen molar-refractivity contribution in [1.82, 2.24) is 4.90 Å². The summed E-state index contributed by atoms with van der Waals surface area (Å²) >= 11 is 0. The summed E-state index contributed by atoms with van der Waals surface area (Å²) in [4.78, 5) is 52.8. The molecule has 9 nitrogen and oxygen atoms in total. The number of allylic oxidation sites excluding steroid dienone is 2. The summed E-state index contributed by atoms with van der Waals surface area (Å²) in [5.74, 6) is -3.40. The zero-order valence-electron chi connectivity index (χ0n) is 14.2. The number of rotatable bonds is 4. The fourth-order valence-electron chi connectivity index (χ4n) is 2.89. The molecule has 1 aromatic carbocycles. The number of carboxylic acids is 2. The van der Waals surface area contributed by atoms with Crippen LogP contribution in [-0.4, -0.2) is 50.2 Å². The maximum absolute atomic E-state index is 12.9. The van der Waals surface area contributed by atoms with Crippen molar-refractivity contribution in [2.45, 2.75) is 18.9 Å². The molecule has 2 aliphatic rings. The molecule has 2 heterocycles. The number of aromatic carboxylic acids is 2. The van der Waals surface area contributed by atoms with Crippen LogP contribution in [-0.2, 0) is 9.59 Å². The van der Waals surface area contributed by atoms with E-state index in [1.807, 2.05) is 0 Å². The van der Waals surface area contributed by atoms with Crippen LogP contribution in [0.2, 0.25) is 0 Å². The van der Waals surface area contributed by atoms with Gasteiger partial charge in [-0.2, -0.15) is 4.99 Å². The van der Waals surface area contributed by atoms with Crippen molar-refractivity contribution in [1.29, 1.82) is 0 Å². The largest absolute Gasteiger partial charge is 0.478 e. The van der Waals surface area contributed by atoms with Gasteiger partial charge in [0.2, 0.25) is 0 Å². The van der Waals surface area contributed by atoms with Crippen LogP contribution >= 0.6 is 0 Å². The monoisotopic (exact) mass is 369 g/mol. The zero-order valence-corrected chi connectivity index (χ0v) is 14.2. The fraction of sp³-hybridized carbons (Fsp3) is 0.167. The first kappa shape index (κ1) is 18.1. The Balaban J connectivity index is 1.95. The van der Waals surface area contributed by atoms with Gasteiger partial charge < -0.3 is 20.4 Å². The third-order valence-electron chi connectivity index (χ3n) is 4.28. The Kier molecular flexibility index (Phi) is 4.36. The molecule has 27 heavy (non-hydrogen) atoms. The van der Waals surface area contributed by atoms with Gasteiger partial charge in [-0.15, -0.1) is 0 Å². The van der Waals surface area contributed by atoms with Crippen LogP contribution in [0, 0.1) is 0 Å². The Morgan fingerprint density at radius 1 is 1.11 bits per heavy atom. The first-order valence-corrected chi connectivity index (χ1v) is 7.89. The van der Waals surface area contributed by atoms with Gasteiger partial charge >= 0.3 is 11.9 Å². The highest BCUT2D eigenvalue weighted by Gasteiger charge is 2.45. The Labute approximate surface area is 153 Å². The summed E-state index contributed by atoms with van der Waals surface area (Å²) in [6.45, 7) is 1.55. The van der Waals surface area contributed by atoms with E-state index in [0.717, 1.165) is 18.2 Å². The molecule has 1 aromatic rings. The maximum Gasteiger partial charge on any atom is 0.335 e. The molecule has 3 rings (SSSR count). The Morgan fingerprint density at radius 2 is 1.74 bits per heavy atom. The molecule has 2 aliphatic heterocycles. The molecular weight excluding hydrogens is 354 g/mol. The van der Waals surface area contributed by atoms with Crippen LogP contribution < -0.4 is 5.32 Å². The van der Waals surface area contributed by atoms with Crippen molar-refractivity contribution in [2.75, 3.05) is 5.32 Å². The number of hydrogen-bond acceptors (Lipinski definition) is 5. The maximum atomic E-state index is 12.9. The van der Waals surface area contributed by atoms with Crippen LogP contribution in [0.3, 0.4) is 0 Å². The van der Waals surface area contributed by atoms with E-state index in [2.05, 4.69) is 10.3 Å². The average Bonchev–Trinajstić information content (AvgIpc) is 2.61. The van der Waals surface area contributed by atoms with Crippen LogP contribution in [0.15, 0.2) is 47.6 Å². The molecule has 1 unspecified atom stereocenters. The van der Waals surface area contributed by atoms with E-state index in [1.54, 1.807) is 36.3 Å². The number of fused-ring (bicyclic) bond motifs is 1. The molecule has 3 N–H and O–H groups in total. The van der Waals surface area contributed by atoms with E-state index in [4.69, 9.17) is 10.2 Å². The number of benzene rings is 1. The van der Waals surface area contributed by atoms with E-state index in [0.29, 0.717) is 5.84 Å². The molecule has 0 spiro atoms. The average molecular weight is 369 g/mol. The number of carboxylic acid groups (broad SMARTS) is 2. The predicted molar refractivity (Wildman–Crippen MR) is 94.6 cm³/mol. The minimum absolute atomic E-state index is 0.00608. The SMILES string of the molecule is CC1(C(=O)Nc2cc(C(=O)O)cc(C(=O)O)c2)CC(=O)N=C2C=CC=CN21. The molecule has 2 amide bonds. The van der Waals surface area contributed by atoms with Crippen molar-refractivity contribution >= 4 is 35.3 Å². The Hall–Kier alpha value is -3.75. The third kappa shape index (κ3) is 3.34. The summed E-state index contributed by atoms with van der Waals surface area (Å²) in [5.41, 5.74) is -1.86. The summed E-state index contributed by atoms with van der Waals surface area (Å²) in [6, 6.07) is 3.30. The van der Waals surface area contributed by atoms with Crippen molar-refractivity contribution < 1.29 is 29.4 Å². The Bertz CT molecular complexity index is 930. The number of carbonyl (C=O) groups is 4. The summed E-state index contributed by atoms with van der Waals surface area (Å²) in [6.07, 6.45) is 6.39. The van der Waals surface area contributed by atoms with Gasteiger partial charge in [0.15, 0.2) is 0 Å². The fourth-order valence-corrected chi connectivity index (χ4v) is 2.89. The lowest BCUT2D eigenvalue weighted by Gasteiger charge is -2.41. The van der Waals surface area contributed by atoms with Gasteiger partial charge in [-0.3, -0.25) is 9.59 Å². The summed E-state index contributed by atoms with van der Waals surface area (Å²) < 4.78 is 0. The van der Waals surface area contributed by atoms with Crippen molar-refractivity contribution in [2.24, 2.45) is 4.99 Å². The minimum atomic E-state index is -1.33. The smallest absolute Gasteiger partial charge is 0.335 e. The Morgan fingerprint density at radius 3 is 2.33 bits per heavy atom. The first-order chi connectivity index (χ1) is 12.7. The van der Waals surface area contributed by atoms with E-state index < -0.39 is 29.3 Å². The van der Waals surface area contributed by atoms with Crippen molar-refractivity contribution in [3.63, 3.8) is 0 Å². The van der Waals surface area contributed by atoms with Crippen LogP contribution in [0.4, 0.5) is 5.69 Å². The molecule has 9 heteroatoms. The summed E-state index contributed by atoms with van der Waals surface area (Å²) in [7, 11) is 0. The quantitative estimate of drug-likeness (QED) is 0.731. The minimum Gasteiger partial charge on any atom is -0.478 e. The lowest BCUT2D eigenvalue weighted by atomic mass is 9.91. The highest BCUT2D eigenvalue weighted by atomic mass is 16.4. The van der Waals surface area contributed by atoms with Gasteiger partial charge in [0.1, 0.15) is 11.4 Å². The predicted octanol–water partition coefficient (Wildman–Crippen LogP) is 1.49. The molecule has 1 atom stereocenters. The number of hydrogen-bond donors (Lipinski definition) is 3. The number of anilines is 1. The molecule has 0 saturated carbocycles. The highest BCUT2D eigenvalue weighted by Crippen LogP contribution is 2.29. The molecular formula is C18H15N3O6. The standard InChI is InChI=1S/C18H15N3O6/c1-18(9-14(22)20-13-4-2-3-5-21(13)18)17(27)19-12-7-10(15(23)24)6-11(8-12)16(25)26/h2-8H,9H2,1H3,(H,19,27)(H,23,24)(H,25,26). The van der Waals surface area contributed by atoms with Gasteiger partial charge in [0.25, 0.3) is 11.8 Å². The number of nitrogens with zero attached hydrogens (tertiary/aromatic N) is 2. The second-order valence-corrected chi connectivity index (χ2v) is 6.25. The van der Waals surface area contributed by atoms with Gasteiger partial charge in [-0.25, -0.2) is 9.59 Å². The van der Waals surface area contributed by atoms with Gasteiger partial charge in [-0.1, -0.05) is 6.08 Å². The lowest BCUT2D eigenvalue weighted by molar-refractivity contribution is -0.130. The van der Waals surface area contributed by atoms with E-state index in [-0.39, 0.29) is 23.2 Å². The second kappa shape index (κ2) is 6.52. The van der Waals surface area contributed by atoms with Crippen LogP contribution in [0.1, 0.15) is 34.1 Å². The topological polar surface area (TPSA) is 136 Å². The summed E-state index contributed by atoms with van der Waals surface area (Å²) in [5, 5.41) is 20.8. The lowest BCUT2D eigenvalue weighted by Crippen LogP contribution is -2.58. The van der Waals surface area contributed by atoms with Gasteiger partial charge in [0, 0.05) is 11.9 Å². The molecule has 0 aliphatic carbocycles. The third-order valence-corrected chi connectivity index (χ3v) is 4.28.